The van der Waals surface area contributed by atoms with E-state index in [0.717, 1.165) is 31.3 Å². The van der Waals surface area contributed by atoms with Crippen LogP contribution in [-0.4, -0.2) is 30.2 Å². The summed E-state index contributed by atoms with van der Waals surface area (Å²) in [6.45, 7) is 0. The smallest absolute Gasteiger partial charge is 0.208 e. The molecule has 0 radical (unpaired) electrons. The molecule has 3 atom stereocenters. The fourth-order valence-electron chi connectivity index (χ4n) is 6.32. The molecule has 0 amide bonds. The van der Waals surface area contributed by atoms with Crippen LogP contribution in [0.3, 0.4) is 0 Å². The van der Waals surface area contributed by atoms with Crippen molar-refractivity contribution in [3.05, 3.63) is 12.2 Å². The number of aliphatic hydroxyl groups is 1. The maximum atomic E-state index is 11.2. The fourth-order valence-corrected chi connectivity index (χ4v) is 6.32. The van der Waals surface area contributed by atoms with Gasteiger partial charge >= 0.3 is 0 Å². The van der Waals surface area contributed by atoms with E-state index in [1.807, 2.05) is 6.33 Å². The van der Waals surface area contributed by atoms with Gasteiger partial charge in [0.1, 0.15) is 5.52 Å². The molecule has 27 heavy (non-hydrogen) atoms. The minimum atomic E-state index is -0.606. The molecule has 2 aromatic rings. The van der Waals surface area contributed by atoms with Crippen molar-refractivity contribution in [2.45, 2.75) is 63.0 Å². The summed E-state index contributed by atoms with van der Waals surface area (Å²) in [4.78, 5) is 13.5. The molecule has 3 N–H and O–H groups in total. The molecule has 0 aromatic carbocycles. The van der Waals surface area contributed by atoms with Gasteiger partial charge in [-0.15, -0.1) is 0 Å². The summed E-state index contributed by atoms with van der Waals surface area (Å²) in [5, 5.41) is 11.2. The van der Waals surface area contributed by atoms with Crippen LogP contribution in [0, 0.1) is 35.5 Å². The van der Waals surface area contributed by atoms with Crippen molar-refractivity contribution in [2.24, 2.45) is 23.7 Å². The monoisotopic (exact) mass is 363 g/mol. The van der Waals surface area contributed by atoms with Gasteiger partial charge in [-0.2, -0.15) is 0 Å². The number of rotatable bonds is 1. The zero-order chi connectivity index (χ0) is 18.2. The van der Waals surface area contributed by atoms with E-state index in [1.54, 1.807) is 0 Å². The van der Waals surface area contributed by atoms with Gasteiger partial charge in [0, 0.05) is 6.04 Å². The number of nitrogens with two attached hydrogens (primary N) is 1. The van der Waals surface area contributed by atoms with Crippen molar-refractivity contribution >= 4 is 17.0 Å². The molecule has 4 bridgehead atoms. The molecule has 0 saturated heterocycles. The van der Waals surface area contributed by atoms with Crippen molar-refractivity contribution in [3.63, 3.8) is 0 Å². The number of hydrogen-bond donors (Lipinski definition) is 2. The van der Waals surface area contributed by atoms with Crippen molar-refractivity contribution in [2.75, 3.05) is 5.73 Å². The van der Waals surface area contributed by atoms with E-state index in [1.165, 1.54) is 25.7 Å². The standard InChI is InChI=1S/C21H25N5O/c22-19-18-20(26(11-23-18)15-2-1-3-15)25-17(24-19)5-4-16-14-7-12-6-13(8-14)10-21(16,27)9-12/h11-16,27H,1-3,6-10H2,(H2,22,24,25). The Kier molecular flexibility index (Phi) is 3.20. The van der Waals surface area contributed by atoms with Crippen LogP contribution in [0.4, 0.5) is 5.82 Å². The summed E-state index contributed by atoms with van der Waals surface area (Å²) in [5.41, 5.74) is 6.99. The number of nitrogens with zero attached hydrogens (tertiary/aromatic N) is 4. The van der Waals surface area contributed by atoms with Gasteiger partial charge in [0.25, 0.3) is 0 Å². The van der Waals surface area contributed by atoms with E-state index >= 15 is 0 Å². The number of fused-ring (bicyclic) bond motifs is 1. The lowest BCUT2D eigenvalue weighted by Crippen LogP contribution is -2.56. The topological polar surface area (TPSA) is 89.8 Å². The van der Waals surface area contributed by atoms with Crippen LogP contribution < -0.4 is 5.73 Å². The normalized spacial score (nSPS) is 37.2. The van der Waals surface area contributed by atoms with E-state index < -0.39 is 5.60 Å². The maximum absolute atomic E-state index is 11.2. The predicted molar refractivity (Wildman–Crippen MR) is 101 cm³/mol. The highest BCUT2D eigenvalue weighted by Gasteiger charge is 2.55. The van der Waals surface area contributed by atoms with Crippen molar-refractivity contribution in [1.29, 1.82) is 0 Å². The molecule has 0 spiro atoms. The van der Waals surface area contributed by atoms with Crippen molar-refractivity contribution in [1.82, 2.24) is 19.5 Å². The lowest BCUT2D eigenvalue weighted by Gasteiger charge is -2.57. The van der Waals surface area contributed by atoms with Crippen LogP contribution in [0.2, 0.25) is 0 Å². The third-order valence-corrected chi connectivity index (χ3v) is 7.53. The lowest BCUT2D eigenvalue weighted by atomic mass is 9.50. The Bertz CT molecular complexity index is 968. The Morgan fingerprint density at radius 1 is 1.15 bits per heavy atom. The molecule has 5 saturated carbocycles. The van der Waals surface area contributed by atoms with Gasteiger partial charge < -0.3 is 15.4 Å². The maximum Gasteiger partial charge on any atom is 0.208 e. The summed E-state index contributed by atoms with van der Waals surface area (Å²) in [6, 6.07) is 0.468. The Morgan fingerprint density at radius 3 is 2.59 bits per heavy atom. The van der Waals surface area contributed by atoms with E-state index in [4.69, 9.17) is 5.73 Å². The molecule has 7 rings (SSSR count). The van der Waals surface area contributed by atoms with Gasteiger partial charge in [0.15, 0.2) is 11.5 Å². The molecule has 140 valence electrons. The average Bonchev–Trinajstić information content (AvgIpc) is 2.95. The van der Waals surface area contributed by atoms with Crippen molar-refractivity contribution in [3.8, 4) is 11.8 Å². The SMILES string of the molecule is Nc1nc(C#CC2C3CC4CC(C3)CC2(O)C4)nc2c1ncn2C1CCC1. The first kappa shape index (κ1) is 15.9. The third kappa shape index (κ3) is 2.34. The molecule has 5 fully saturated rings. The summed E-state index contributed by atoms with van der Waals surface area (Å²) in [6.07, 6.45) is 11.0. The van der Waals surface area contributed by atoms with Crippen LogP contribution in [0.5, 0.6) is 0 Å². The molecule has 6 heteroatoms. The zero-order valence-electron chi connectivity index (χ0n) is 15.4. The lowest BCUT2D eigenvalue weighted by molar-refractivity contribution is -0.152. The molecule has 5 aliphatic carbocycles. The predicted octanol–water partition coefficient (Wildman–Crippen LogP) is 2.67. The van der Waals surface area contributed by atoms with Crippen LogP contribution in [0.15, 0.2) is 6.33 Å². The largest absolute Gasteiger partial charge is 0.389 e. The fraction of sp³-hybridized carbons (Fsp3) is 0.667. The molecular formula is C21H25N5O. The molecule has 0 aliphatic heterocycles. The number of hydrogen-bond acceptors (Lipinski definition) is 5. The molecule has 5 aliphatic rings. The number of nitrogen functional groups attached to an aromatic ring is 1. The second-order valence-corrected chi connectivity index (χ2v) is 9.30. The minimum Gasteiger partial charge on any atom is -0.389 e. The minimum absolute atomic E-state index is 0.0439. The van der Waals surface area contributed by atoms with Crippen LogP contribution in [0.1, 0.15) is 63.2 Å². The van der Waals surface area contributed by atoms with E-state index in [0.29, 0.717) is 41.0 Å². The molecule has 2 aromatic heterocycles. The first-order valence-electron chi connectivity index (χ1n) is 10.3. The van der Waals surface area contributed by atoms with Crippen LogP contribution in [-0.2, 0) is 0 Å². The Hall–Kier alpha value is -2.13. The number of aromatic nitrogens is 4. The quantitative estimate of drug-likeness (QED) is 0.760. The molecule has 6 nitrogen and oxygen atoms in total. The number of imidazole rings is 1. The molecular weight excluding hydrogens is 338 g/mol. The number of anilines is 1. The highest BCUT2D eigenvalue weighted by molar-refractivity contribution is 5.82. The second kappa shape index (κ2) is 5.45. The Labute approximate surface area is 158 Å². The highest BCUT2D eigenvalue weighted by Crippen LogP contribution is 2.58. The van der Waals surface area contributed by atoms with Gasteiger partial charge in [-0.25, -0.2) is 15.0 Å². The van der Waals surface area contributed by atoms with Crippen molar-refractivity contribution < 1.29 is 5.11 Å². The van der Waals surface area contributed by atoms with E-state index in [-0.39, 0.29) is 5.92 Å². The van der Waals surface area contributed by atoms with Crippen LogP contribution >= 0.6 is 0 Å². The first-order chi connectivity index (χ1) is 13.1. The van der Waals surface area contributed by atoms with Gasteiger partial charge in [-0.05, 0) is 75.0 Å². The molecule has 2 heterocycles. The molecule has 3 unspecified atom stereocenters. The zero-order valence-corrected chi connectivity index (χ0v) is 15.4. The first-order valence-corrected chi connectivity index (χ1v) is 10.3. The highest BCUT2D eigenvalue weighted by atomic mass is 16.3. The van der Waals surface area contributed by atoms with E-state index in [9.17, 15) is 5.11 Å². The summed E-state index contributed by atoms with van der Waals surface area (Å²) >= 11 is 0. The summed E-state index contributed by atoms with van der Waals surface area (Å²) in [7, 11) is 0. The van der Waals surface area contributed by atoms with Gasteiger partial charge in [-0.3, -0.25) is 0 Å². The van der Waals surface area contributed by atoms with Crippen LogP contribution in [0.25, 0.3) is 11.2 Å². The second-order valence-electron chi connectivity index (χ2n) is 9.30. The Balaban J connectivity index is 1.36. The third-order valence-electron chi connectivity index (χ3n) is 7.53. The van der Waals surface area contributed by atoms with Gasteiger partial charge in [0.05, 0.1) is 17.8 Å². The Morgan fingerprint density at radius 2 is 1.93 bits per heavy atom. The summed E-state index contributed by atoms with van der Waals surface area (Å²) in [5.74, 6) is 9.36. The van der Waals surface area contributed by atoms with E-state index in [2.05, 4.69) is 31.4 Å². The summed E-state index contributed by atoms with van der Waals surface area (Å²) < 4.78 is 2.12. The van der Waals surface area contributed by atoms with Gasteiger partial charge in [-0.1, -0.05) is 5.92 Å². The van der Waals surface area contributed by atoms with Gasteiger partial charge in [0.2, 0.25) is 5.82 Å². The average molecular weight is 363 g/mol.